The van der Waals surface area contributed by atoms with Crippen LogP contribution in [0.5, 0.6) is 0 Å². The molecule has 30 heavy (non-hydrogen) atoms. The highest BCUT2D eigenvalue weighted by atomic mass is 32.1. The average Bonchev–Trinajstić information content (AvgIpc) is 3.44. The molecule has 0 aliphatic rings. The van der Waals surface area contributed by atoms with Crippen LogP contribution in [0.15, 0.2) is 83.5 Å². The van der Waals surface area contributed by atoms with Crippen LogP contribution in [0.3, 0.4) is 0 Å². The molecule has 6 nitrogen and oxygen atoms in total. The lowest BCUT2D eigenvalue weighted by Gasteiger charge is -2.17. The van der Waals surface area contributed by atoms with E-state index in [-0.39, 0.29) is 12.3 Å². The molecule has 7 heteroatoms. The number of hydrogen-bond acceptors (Lipinski definition) is 5. The highest BCUT2D eigenvalue weighted by Gasteiger charge is 2.24. The highest BCUT2D eigenvalue weighted by molar-refractivity contribution is 7.17. The van der Waals surface area contributed by atoms with E-state index in [2.05, 4.69) is 10.3 Å². The second-order valence-corrected chi connectivity index (χ2v) is 7.65. The van der Waals surface area contributed by atoms with E-state index in [9.17, 15) is 9.59 Å². The fourth-order valence-corrected chi connectivity index (χ4v) is 4.09. The number of rotatable bonds is 7. The van der Waals surface area contributed by atoms with Crippen LogP contribution in [0, 0.1) is 0 Å². The van der Waals surface area contributed by atoms with Crippen LogP contribution < -0.4 is 11.1 Å². The molecule has 0 unspecified atom stereocenters. The number of benzene rings is 2. The Morgan fingerprint density at radius 2 is 1.70 bits per heavy atom. The summed E-state index contributed by atoms with van der Waals surface area (Å²) in [6, 6.07) is 21.8. The van der Waals surface area contributed by atoms with Gasteiger partial charge in [0.2, 0.25) is 5.91 Å². The number of nitrogens with one attached hydrogen (secondary N) is 1. The molecule has 0 fully saturated rings. The third kappa shape index (κ3) is 4.31. The first-order valence-electron chi connectivity index (χ1n) is 9.36. The minimum atomic E-state index is -0.533. The molecular weight excluding hydrogens is 398 g/mol. The molecule has 3 N–H and O–H groups in total. The van der Waals surface area contributed by atoms with E-state index in [0.29, 0.717) is 21.3 Å². The van der Waals surface area contributed by atoms with Crippen LogP contribution in [0.2, 0.25) is 0 Å². The summed E-state index contributed by atoms with van der Waals surface area (Å²) in [5.74, 6) is -0.222. The zero-order valence-corrected chi connectivity index (χ0v) is 16.8. The highest BCUT2D eigenvalue weighted by Crippen LogP contribution is 2.34. The average molecular weight is 417 g/mol. The molecule has 0 saturated heterocycles. The lowest BCUT2D eigenvalue weighted by molar-refractivity contribution is -0.118. The summed E-state index contributed by atoms with van der Waals surface area (Å²) in [6.07, 6.45) is 1.57. The van der Waals surface area contributed by atoms with Gasteiger partial charge >= 0.3 is 0 Å². The molecule has 2 aromatic carbocycles. The third-order valence-electron chi connectivity index (χ3n) is 4.53. The van der Waals surface area contributed by atoms with Gasteiger partial charge < -0.3 is 15.5 Å². The van der Waals surface area contributed by atoms with Crippen molar-refractivity contribution in [1.29, 1.82) is 0 Å². The summed E-state index contributed by atoms with van der Waals surface area (Å²) in [5.41, 5.74) is 7.62. The van der Waals surface area contributed by atoms with Crippen molar-refractivity contribution in [3.05, 3.63) is 89.5 Å². The number of nitrogens with zero attached hydrogens (tertiary/aromatic N) is 1. The summed E-state index contributed by atoms with van der Waals surface area (Å²) in [7, 11) is 0. The first kappa shape index (κ1) is 19.6. The number of hydrogen-bond donors (Lipinski definition) is 2. The molecule has 2 heterocycles. The van der Waals surface area contributed by atoms with Gasteiger partial charge in [-0.15, -0.1) is 11.3 Å². The van der Waals surface area contributed by atoms with E-state index in [0.717, 1.165) is 11.1 Å². The fraction of sp³-hybridized carbons (Fsp3) is 0.0870. The van der Waals surface area contributed by atoms with Gasteiger partial charge in [-0.05, 0) is 17.7 Å². The Morgan fingerprint density at radius 1 is 1.00 bits per heavy atom. The molecule has 0 aliphatic carbocycles. The van der Waals surface area contributed by atoms with Gasteiger partial charge in [-0.1, -0.05) is 60.7 Å². The van der Waals surface area contributed by atoms with Crippen LogP contribution in [0.25, 0.3) is 22.0 Å². The molecule has 2 aromatic heterocycles. The number of thiazole rings is 1. The molecule has 4 rings (SSSR count). The van der Waals surface area contributed by atoms with Gasteiger partial charge in [0.1, 0.15) is 4.88 Å². The molecule has 0 saturated carbocycles. The van der Waals surface area contributed by atoms with Crippen LogP contribution in [0.1, 0.15) is 27.7 Å². The van der Waals surface area contributed by atoms with Crippen molar-refractivity contribution >= 4 is 23.2 Å². The zero-order chi connectivity index (χ0) is 20.9. The van der Waals surface area contributed by atoms with E-state index in [1.807, 2.05) is 60.7 Å². The van der Waals surface area contributed by atoms with Gasteiger partial charge in [0, 0.05) is 5.56 Å². The van der Waals surface area contributed by atoms with Gasteiger partial charge in [0.05, 0.1) is 24.4 Å². The Bertz CT molecular complexity index is 1140. The smallest absolute Gasteiger partial charge is 0.264 e. The van der Waals surface area contributed by atoms with Gasteiger partial charge in [-0.25, -0.2) is 4.98 Å². The van der Waals surface area contributed by atoms with Crippen LogP contribution in [-0.2, 0) is 4.79 Å². The summed E-state index contributed by atoms with van der Waals surface area (Å²) < 4.78 is 5.46. The quantitative estimate of drug-likeness (QED) is 0.465. The maximum atomic E-state index is 13.3. The predicted octanol–water partition coefficient (Wildman–Crippen LogP) is 4.42. The van der Waals surface area contributed by atoms with Crippen molar-refractivity contribution in [1.82, 2.24) is 10.3 Å². The topological polar surface area (TPSA) is 98.2 Å². The molecule has 150 valence electrons. The Labute approximate surface area is 177 Å². The molecule has 0 spiro atoms. The number of primary amides is 1. The van der Waals surface area contributed by atoms with E-state index >= 15 is 0 Å². The number of carbonyl (C=O) groups is 2. The van der Waals surface area contributed by atoms with Gasteiger partial charge in [0.25, 0.3) is 5.91 Å². The predicted molar refractivity (Wildman–Crippen MR) is 116 cm³/mol. The van der Waals surface area contributed by atoms with Crippen molar-refractivity contribution in [2.75, 3.05) is 0 Å². The Balaban J connectivity index is 1.71. The zero-order valence-electron chi connectivity index (χ0n) is 15.9. The maximum absolute atomic E-state index is 13.3. The van der Waals surface area contributed by atoms with Crippen molar-refractivity contribution < 1.29 is 14.0 Å². The number of furan rings is 1. The fourth-order valence-electron chi connectivity index (χ4n) is 3.13. The molecule has 2 amide bonds. The molecule has 0 radical (unpaired) electrons. The van der Waals surface area contributed by atoms with Crippen molar-refractivity contribution in [2.24, 2.45) is 5.73 Å². The van der Waals surface area contributed by atoms with Gasteiger partial charge in [-0.2, -0.15) is 0 Å². The van der Waals surface area contributed by atoms with Crippen LogP contribution in [-0.4, -0.2) is 16.8 Å². The van der Waals surface area contributed by atoms with Crippen molar-refractivity contribution in [2.45, 2.75) is 12.5 Å². The summed E-state index contributed by atoms with van der Waals surface area (Å²) in [4.78, 5) is 30.0. The van der Waals surface area contributed by atoms with Crippen molar-refractivity contribution in [3.63, 3.8) is 0 Å². The molecule has 1 atom stereocenters. The lowest BCUT2D eigenvalue weighted by Crippen LogP contribution is -2.31. The Kier molecular flexibility index (Phi) is 5.72. The SMILES string of the molecule is NC(=O)C[C@H](NC(=O)c1sc(-c2ccco2)nc1-c1ccccc1)c1ccccc1. The summed E-state index contributed by atoms with van der Waals surface area (Å²) in [6.45, 7) is 0. The summed E-state index contributed by atoms with van der Waals surface area (Å²) in [5, 5.41) is 3.56. The minimum absolute atomic E-state index is 0.000266. The standard InChI is InChI=1S/C23H19N3O3S/c24-19(27)14-17(15-8-3-1-4-9-15)25-22(28)21-20(16-10-5-2-6-11-16)26-23(30-21)18-12-7-13-29-18/h1-13,17H,14H2,(H2,24,27)(H,25,28)/t17-/m0/s1. The molecule has 4 aromatic rings. The Hall–Kier alpha value is -3.71. The van der Waals surface area contributed by atoms with Gasteiger partial charge in [-0.3, -0.25) is 9.59 Å². The first-order valence-corrected chi connectivity index (χ1v) is 10.2. The van der Waals surface area contributed by atoms with E-state index in [1.165, 1.54) is 11.3 Å². The third-order valence-corrected chi connectivity index (χ3v) is 5.59. The van der Waals surface area contributed by atoms with Gasteiger partial charge in [0.15, 0.2) is 10.8 Å². The number of carbonyl (C=O) groups excluding carboxylic acids is 2. The van der Waals surface area contributed by atoms with E-state index < -0.39 is 11.9 Å². The minimum Gasteiger partial charge on any atom is -0.462 e. The number of amides is 2. The number of nitrogens with two attached hydrogens (primary N) is 1. The van der Waals surface area contributed by atoms with Crippen LogP contribution in [0.4, 0.5) is 0 Å². The number of aromatic nitrogens is 1. The largest absolute Gasteiger partial charge is 0.462 e. The van der Waals surface area contributed by atoms with E-state index in [4.69, 9.17) is 10.2 Å². The second-order valence-electron chi connectivity index (χ2n) is 6.65. The molecular formula is C23H19N3O3S. The second kappa shape index (κ2) is 8.75. The monoisotopic (exact) mass is 417 g/mol. The normalized spacial score (nSPS) is 11.7. The van der Waals surface area contributed by atoms with E-state index in [1.54, 1.807) is 18.4 Å². The molecule has 0 bridgehead atoms. The van der Waals surface area contributed by atoms with Crippen molar-refractivity contribution in [3.8, 4) is 22.0 Å². The summed E-state index contributed by atoms with van der Waals surface area (Å²) >= 11 is 1.24. The maximum Gasteiger partial charge on any atom is 0.264 e. The van der Waals surface area contributed by atoms with Crippen LogP contribution >= 0.6 is 11.3 Å². The Morgan fingerprint density at radius 3 is 2.33 bits per heavy atom. The molecule has 0 aliphatic heterocycles. The lowest BCUT2D eigenvalue weighted by atomic mass is 10.0. The first-order chi connectivity index (χ1) is 14.6.